The number of nitrogens with one attached hydrogen (secondary N) is 1. The molecule has 112 valence electrons. The SMILES string of the molecule is C[C@@H](NCc1noc(C2CCCCC2)n1)c1ccncc1. The van der Waals surface area contributed by atoms with Crippen molar-refractivity contribution in [2.24, 2.45) is 0 Å². The largest absolute Gasteiger partial charge is 0.339 e. The van der Waals surface area contributed by atoms with Gasteiger partial charge >= 0.3 is 0 Å². The third-order valence-electron chi connectivity index (χ3n) is 4.21. The average molecular weight is 286 g/mol. The highest BCUT2D eigenvalue weighted by molar-refractivity contribution is 5.14. The maximum atomic E-state index is 5.43. The molecule has 0 aromatic carbocycles. The standard InChI is InChI=1S/C16H22N4O/c1-12(13-7-9-17-10-8-13)18-11-15-19-16(21-20-15)14-5-3-2-4-6-14/h7-10,12,14,18H,2-6,11H2,1H3/t12-/m1/s1. The molecule has 1 aliphatic carbocycles. The van der Waals surface area contributed by atoms with Crippen molar-refractivity contribution in [1.29, 1.82) is 0 Å². The van der Waals surface area contributed by atoms with Crippen LogP contribution in [-0.2, 0) is 6.54 Å². The van der Waals surface area contributed by atoms with Gasteiger partial charge in [0.15, 0.2) is 5.82 Å². The molecule has 2 aromatic heterocycles. The summed E-state index contributed by atoms with van der Waals surface area (Å²) in [5.41, 5.74) is 1.21. The zero-order valence-electron chi connectivity index (χ0n) is 12.5. The van der Waals surface area contributed by atoms with Crippen LogP contribution in [0, 0.1) is 0 Å². The topological polar surface area (TPSA) is 63.8 Å². The minimum atomic E-state index is 0.240. The van der Waals surface area contributed by atoms with Crippen LogP contribution in [0.15, 0.2) is 29.0 Å². The first-order valence-electron chi connectivity index (χ1n) is 7.78. The van der Waals surface area contributed by atoms with E-state index in [0.717, 1.165) is 11.7 Å². The van der Waals surface area contributed by atoms with E-state index in [1.165, 1.54) is 37.7 Å². The normalized spacial score (nSPS) is 17.8. The summed E-state index contributed by atoms with van der Waals surface area (Å²) in [7, 11) is 0. The van der Waals surface area contributed by atoms with Crippen molar-refractivity contribution in [1.82, 2.24) is 20.4 Å². The summed E-state index contributed by atoms with van der Waals surface area (Å²) in [6, 6.07) is 4.27. The van der Waals surface area contributed by atoms with Crippen molar-refractivity contribution in [2.45, 2.75) is 57.5 Å². The van der Waals surface area contributed by atoms with Gasteiger partial charge in [-0.15, -0.1) is 0 Å². The van der Waals surface area contributed by atoms with Crippen LogP contribution in [0.3, 0.4) is 0 Å². The molecule has 1 saturated carbocycles. The van der Waals surface area contributed by atoms with Gasteiger partial charge < -0.3 is 9.84 Å². The molecule has 21 heavy (non-hydrogen) atoms. The summed E-state index contributed by atoms with van der Waals surface area (Å²) in [6.45, 7) is 2.75. The van der Waals surface area contributed by atoms with Gasteiger partial charge in [0, 0.05) is 24.4 Å². The molecule has 0 saturated heterocycles. The molecular weight excluding hydrogens is 264 g/mol. The van der Waals surface area contributed by atoms with Crippen molar-refractivity contribution in [3.8, 4) is 0 Å². The number of aromatic nitrogens is 3. The summed E-state index contributed by atoms with van der Waals surface area (Å²) >= 11 is 0. The Morgan fingerprint density at radius 1 is 1.24 bits per heavy atom. The van der Waals surface area contributed by atoms with Gasteiger partial charge in [0.2, 0.25) is 5.89 Å². The molecule has 0 radical (unpaired) electrons. The van der Waals surface area contributed by atoms with Gasteiger partial charge in [-0.1, -0.05) is 24.4 Å². The monoisotopic (exact) mass is 286 g/mol. The van der Waals surface area contributed by atoms with E-state index in [1.54, 1.807) is 0 Å². The summed E-state index contributed by atoms with van der Waals surface area (Å²) in [5, 5.41) is 7.51. The van der Waals surface area contributed by atoms with Crippen molar-refractivity contribution >= 4 is 0 Å². The second kappa shape index (κ2) is 6.80. The van der Waals surface area contributed by atoms with Crippen LogP contribution in [-0.4, -0.2) is 15.1 Å². The maximum Gasteiger partial charge on any atom is 0.229 e. The lowest BCUT2D eigenvalue weighted by Gasteiger charge is -2.17. The number of nitrogens with zero attached hydrogens (tertiary/aromatic N) is 3. The van der Waals surface area contributed by atoms with Gasteiger partial charge in [0.25, 0.3) is 0 Å². The van der Waals surface area contributed by atoms with Crippen molar-refractivity contribution < 1.29 is 4.52 Å². The highest BCUT2D eigenvalue weighted by Gasteiger charge is 2.21. The molecule has 5 nitrogen and oxygen atoms in total. The smallest absolute Gasteiger partial charge is 0.229 e. The molecule has 0 bridgehead atoms. The molecule has 0 unspecified atom stereocenters. The van der Waals surface area contributed by atoms with Crippen LogP contribution in [0.4, 0.5) is 0 Å². The molecule has 1 fully saturated rings. The second-order valence-corrected chi connectivity index (χ2v) is 5.77. The zero-order chi connectivity index (χ0) is 14.5. The number of hydrogen-bond acceptors (Lipinski definition) is 5. The van der Waals surface area contributed by atoms with Gasteiger partial charge in [0.05, 0.1) is 6.54 Å². The lowest BCUT2D eigenvalue weighted by Crippen LogP contribution is -2.19. The molecule has 1 N–H and O–H groups in total. The molecule has 2 aromatic rings. The van der Waals surface area contributed by atoms with Gasteiger partial charge in [-0.25, -0.2) is 0 Å². The van der Waals surface area contributed by atoms with Gasteiger partial charge in [0.1, 0.15) is 0 Å². The Morgan fingerprint density at radius 3 is 2.76 bits per heavy atom. The van der Waals surface area contributed by atoms with Crippen LogP contribution < -0.4 is 5.32 Å². The van der Waals surface area contributed by atoms with Gasteiger partial charge in [-0.05, 0) is 37.5 Å². The predicted molar refractivity (Wildman–Crippen MR) is 79.6 cm³/mol. The molecule has 1 atom stereocenters. The van der Waals surface area contributed by atoms with Crippen LogP contribution in [0.25, 0.3) is 0 Å². The quantitative estimate of drug-likeness (QED) is 0.913. The third kappa shape index (κ3) is 3.67. The van der Waals surface area contributed by atoms with Crippen molar-refractivity contribution in [3.05, 3.63) is 41.8 Å². The fourth-order valence-corrected chi connectivity index (χ4v) is 2.87. The molecule has 5 heteroatoms. The Balaban J connectivity index is 1.55. The molecule has 2 heterocycles. The lowest BCUT2D eigenvalue weighted by atomic mass is 9.89. The highest BCUT2D eigenvalue weighted by Crippen LogP contribution is 2.31. The molecule has 0 amide bonds. The number of hydrogen-bond donors (Lipinski definition) is 1. The predicted octanol–water partition coefficient (Wildman–Crippen LogP) is 3.36. The number of pyridine rings is 1. The van der Waals surface area contributed by atoms with Crippen molar-refractivity contribution in [2.75, 3.05) is 0 Å². The van der Waals surface area contributed by atoms with Crippen LogP contribution >= 0.6 is 0 Å². The fourth-order valence-electron chi connectivity index (χ4n) is 2.87. The summed E-state index contributed by atoms with van der Waals surface area (Å²) in [5.74, 6) is 2.04. The van der Waals surface area contributed by atoms with E-state index in [2.05, 4.69) is 27.4 Å². The summed E-state index contributed by atoms with van der Waals surface area (Å²) < 4.78 is 5.43. The number of rotatable bonds is 5. The van der Waals surface area contributed by atoms with Gasteiger partial charge in [-0.3, -0.25) is 4.98 Å². The van der Waals surface area contributed by atoms with Crippen molar-refractivity contribution in [3.63, 3.8) is 0 Å². The molecular formula is C16H22N4O. The Morgan fingerprint density at radius 2 is 2.00 bits per heavy atom. The first-order chi connectivity index (χ1) is 10.3. The molecule has 1 aliphatic rings. The van der Waals surface area contributed by atoms with E-state index in [1.807, 2.05) is 24.5 Å². The Labute approximate surface area is 125 Å². The van der Waals surface area contributed by atoms with E-state index in [9.17, 15) is 0 Å². The minimum absolute atomic E-state index is 0.240. The Bertz CT molecular complexity index is 548. The summed E-state index contributed by atoms with van der Waals surface area (Å²) in [6.07, 6.45) is 9.87. The van der Waals surface area contributed by atoms with E-state index in [-0.39, 0.29) is 6.04 Å². The Hall–Kier alpha value is -1.75. The van der Waals surface area contributed by atoms with Crippen LogP contribution in [0.2, 0.25) is 0 Å². The second-order valence-electron chi connectivity index (χ2n) is 5.77. The summed E-state index contributed by atoms with van der Waals surface area (Å²) in [4.78, 5) is 8.58. The fraction of sp³-hybridized carbons (Fsp3) is 0.562. The average Bonchev–Trinajstić information content (AvgIpc) is 3.03. The van der Waals surface area contributed by atoms with E-state index in [0.29, 0.717) is 12.5 Å². The first kappa shape index (κ1) is 14.2. The lowest BCUT2D eigenvalue weighted by molar-refractivity contribution is 0.311. The maximum absolute atomic E-state index is 5.43. The van der Waals surface area contributed by atoms with Crippen LogP contribution in [0.1, 0.15) is 68.3 Å². The molecule has 0 spiro atoms. The molecule has 3 rings (SSSR count). The zero-order valence-corrected chi connectivity index (χ0v) is 12.5. The third-order valence-corrected chi connectivity index (χ3v) is 4.21. The van der Waals surface area contributed by atoms with Gasteiger partial charge in [-0.2, -0.15) is 4.98 Å². The highest BCUT2D eigenvalue weighted by atomic mass is 16.5. The van der Waals surface area contributed by atoms with E-state index >= 15 is 0 Å². The van der Waals surface area contributed by atoms with E-state index in [4.69, 9.17) is 4.52 Å². The Kier molecular flexibility index (Phi) is 4.60. The first-order valence-corrected chi connectivity index (χ1v) is 7.78. The van der Waals surface area contributed by atoms with Crippen LogP contribution in [0.5, 0.6) is 0 Å². The minimum Gasteiger partial charge on any atom is -0.339 e. The van der Waals surface area contributed by atoms with E-state index < -0.39 is 0 Å². The molecule has 0 aliphatic heterocycles.